The molecule has 2 unspecified atom stereocenters. The van der Waals surface area contributed by atoms with E-state index in [0.717, 1.165) is 57.8 Å². The van der Waals surface area contributed by atoms with Gasteiger partial charge in [0.15, 0.2) is 0 Å². The Morgan fingerprint density at radius 3 is 1.42 bits per heavy atom. The molecule has 0 bridgehead atoms. The van der Waals surface area contributed by atoms with E-state index in [2.05, 4.69) is 41.5 Å². The van der Waals surface area contributed by atoms with E-state index in [0.29, 0.717) is 11.8 Å². The molecule has 0 heterocycles. The number of phosphoric ester groups is 1. The predicted molar refractivity (Wildman–Crippen MR) is 106 cm³/mol. The zero-order valence-corrected chi connectivity index (χ0v) is 22.0. The molecule has 0 aliphatic rings. The van der Waals surface area contributed by atoms with Crippen LogP contribution < -0.4 is 4.89 Å². The molecule has 0 aliphatic heterocycles. The first-order chi connectivity index (χ1) is 11.9. The van der Waals surface area contributed by atoms with Gasteiger partial charge >= 0.3 is 0 Å². The standard InChI is InChI=1S/C16H35O4P.C4H9.Nd/c1-5-9-11-15(7-3)13-19-21(17,18)20-14-16(8-4)12-10-6-2;1-3-4-2;/h15-16H,5-14H2,1-4H3,(H,17,18);1,3-4H2,2H3;/q;-1;/p-1. The Morgan fingerprint density at radius 2 is 1.19 bits per heavy atom. The summed E-state index contributed by atoms with van der Waals surface area (Å²) in [5, 5.41) is 0. The van der Waals surface area contributed by atoms with Crippen LogP contribution in [0.5, 0.6) is 0 Å². The smallest absolute Gasteiger partial charge is 0.267 e. The molecular formula is C20H43NdO4P-2. The summed E-state index contributed by atoms with van der Waals surface area (Å²) < 4.78 is 21.9. The van der Waals surface area contributed by atoms with Crippen molar-refractivity contribution in [2.45, 2.75) is 98.8 Å². The first kappa shape index (κ1) is 32.1. The molecule has 0 amide bonds. The maximum atomic E-state index is 11.8. The van der Waals surface area contributed by atoms with E-state index in [1.165, 1.54) is 6.42 Å². The van der Waals surface area contributed by atoms with Crippen molar-refractivity contribution in [3.05, 3.63) is 6.92 Å². The van der Waals surface area contributed by atoms with E-state index in [1.807, 2.05) is 0 Å². The Bertz CT molecular complexity index is 290. The second kappa shape index (κ2) is 22.7. The molecule has 0 rings (SSSR count). The van der Waals surface area contributed by atoms with E-state index >= 15 is 0 Å². The molecule has 0 aliphatic carbocycles. The maximum Gasteiger partial charge on any atom is 0.267 e. The van der Waals surface area contributed by atoms with Gasteiger partial charge in [-0.15, -0.1) is 0 Å². The monoisotopic (exact) mass is 520 g/mol. The van der Waals surface area contributed by atoms with Crippen LogP contribution in [0, 0.1) is 59.6 Å². The average molecular weight is 523 g/mol. The molecule has 0 radical (unpaired) electrons. The Hall–Kier alpha value is 1.46. The molecule has 6 heteroatoms. The Labute approximate surface area is 196 Å². The molecule has 0 aromatic rings. The summed E-state index contributed by atoms with van der Waals surface area (Å²) in [6.07, 6.45) is 10.7. The van der Waals surface area contributed by atoms with Gasteiger partial charge in [0.1, 0.15) is 0 Å². The topological polar surface area (TPSA) is 58.6 Å². The van der Waals surface area contributed by atoms with Crippen molar-refractivity contribution in [1.29, 1.82) is 0 Å². The van der Waals surface area contributed by atoms with Crippen LogP contribution in [-0.2, 0) is 13.6 Å². The van der Waals surface area contributed by atoms with Crippen LogP contribution in [0.4, 0.5) is 0 Å². The second-order valence-electron chi connectivity index (χ2n) is 6.73. The van der Waals surface area contributed by atoms with Crippen LogP contribution >= 0.6 is 7.82 Å². The molecule has 0 fully saturated rings. The summed E-state index contributed by atoms with van der Waals surface area (Å²) >= 11 is 0. The van der Waals surface area contributed by atoms with Gasteiger partial charge in [0.25, 0.3) is 7.82 Å². The Kier molecular flexibility index (Phi) is 28.1. The summed E-state index contributed by atoms with van der Waals surface area (Å²) in [6, 6.07) is 0. The summed E-state index contributed by atoms with van der Waals surface area (Å²) in [6.45, 7) is 14.6. The van der Waals surface area contributed by atoms with Crippen molar-refractivity contribution in [3.63, 3.8) is 0 Å². The van der Waals surface area contributed by atoms with Crippen molar-refractivity contribution in [3.8, 4) is 0 Å². The van der Waals surface area contributed by atoms with Gasteiger partial charge in [-0.25, -0.2) is 0 Å². The van der Waals surface area contributed by atoms with Crippen LogP contribution in [0.25, 0.3) is 0 Å². The average Bonchev–Trinajstić information content (AvgIpc) is 2.62. The zero-order chi connectivity index (χ0) is 19.6. The Balaban J connectivity index is -0.000000951. The van der Waals surface area contributed by atoms with Gasteiger partial charge in [0, 0.05) is 40.8 Å². The van der Waals surface area contributed by atoms with E-state index in [1.54, 1.807) is 0 Å². The molecule has 26 heavy (non-hydrogen) atoms. The Morgan fingerprint density at radius 1 is 0.846 bits per heavy atom. The van der Waals surface area contributed by atoms with Crippen LogP contribution in [-0.4, -0.2) is 13.2 Å². The zero-order valence-electron chi connectivity index (χ0n) is 17.9. The molecule has 4 nitrogen and oxygen atoms in total. The molecule has 0 aromatic carbocycles. The van der Waals surface area contributed by atoms with E-state index < -0.39 is 7.82 Å². The summed E-state index contributed by atoms with van der Waals surface area (Å²) in [4.78, 5) is 11.8. The molecule has 2 atom stereocenters. The number of rotatable bonds is 15. The summed E-state index contributed by atoms with van der Waals surface area (Å²) in [5.41, 5.74) is 0. The van der Waals surface area contributed by atoms with Crippen molar-refractivity contribution in [2.24, 2.45) is 11.8 Å². The molecule has 0 N–H and O–H groups in total. The molecular weight excluding hydrogens is 479 g/mol. The summed E-state index contributed by atoms with van der Waals surface area (Å²) in [7, 11) is -4.14. The van der Waals surface area contributed by atoms with Gasteiger partial charge in [-0.3, -0.25) is 4.57 Å². The maximum absolute atomic E-state index is 11.8. The minimum absolute atomic E-state index is 0. The number of hydrogen-bond acceptors (Lipinski definition) is 4. The van der Waals surface area contributed by atoms with Gasteiger partial charge in [0.2, 0.25) is 0 Å². The van der Waals surface area contributed by atoms with Gasteiger partial charge < -0.3 is 20.9 Å². The van der Waals surface area contributed by atoms with Crippen LogP contribution in [0.1, 0.15) is 98.8 Å². The second-order valence-corrected chi connectivity index (χ2v) is 8.14. The minimum atomic E-state index is -4.14. The molecule has 158 valence electrons. The van der Waals surface area contributed by atoms with Gasteiger partial charge in [-0.1, -0.05) is 79.6 Å². The molecule has 0 saturated heterocycles. The van der Waals surface area contributed by atoms with Crippen molar-refractivity contribution in [1.82, 2.24) is 0 Å². The number of unbranched alkanes of at least 4 members (excludes halogenated alkanes) is 3. The van der Waals surface area contributed by atoms with Gasteiger partial charge in [0.05, 0.1) is 13.2 Å². The first-order valence-electron chi connectivity index (χ1n) is 10.3. The minimum Gasteiger partial charge on any atom is -0.756 e. The normalized spacial score (nSPS) is 15.2. The fraction of sp³-hybridized carbons (Fsp3) is 0.950. The van der Waals surface area contributed by atoms with Gasteiger partial charge in [-0.2, -0.15) is 6.42 Å². The fourth-order valence-corrected chi connectivity index (χ4v) is 3.09. The van der Waals surface area contributed by atoms with Crippen LogP contribution in [0.2, 0.25) is 0 Å². The van der Waals surface area contributed by atoms with E-state index in [4.69, 9.17) is 9.05 Å². The summed E-state index contributed by atoms with van der Waals surface area (Å²) in [5.74, 6) is 0.607. The fourth-order valence-electron chi connectivity index (χ4n) is 2.23. The first-order valence-corrected chi connectivity index (χ1v) is 11.8. The third-order valence-corrected chi connectivity index (χ3v) is 5.31. The van der Waals surface area contributed by atoms with Crippen LogP contribution in [0.3, 0.4) is 0 Å². The van der Waals surface area contributed by atoms with Crippen molar-refractivity contribution in [2.75, 3.05) is 13.2 Å². The van der Waals surface area contributed by atoms with Crippen molar-refractivity contribution >= 4 is 7.82 Å². The molecule has 0 aromatic heterocycles. The van der Waals surface area contributed by atoms with E-state index in [-0.39, 0.29) is 54.1 Å². The van der Waals surface area contributed by atoms with Crippen molar-refractivity contribution < 1.29 is 59.3 Å². The number of hydrogen-bond donors (Lipinski definition) is 0. The third-order valence-electron chi connectivity index (χ3n) is 4.38. The molecule has 0 spiro atoms. The predicted octanol–water partition coefficient (Wildman–Crippen LogP) is 6.54. The van der Waals surface area contributed by atoms with Crippen LogP contribution in [0.15, 0.2) is 0 Å². The quantitative estimate of drug-likeness (QED) is 0.181. The third kappa shape index (κ3) is 21.8. The molecule has 0 saturated carbocycles. The number of phosphoric acid groups is 1. The largest absolute Gasteiger partial charge is 0.756 e. The van der Waals surface area contributed by atoms with E-state index in [9.17, 15) is 9.46 Å². The van der Waals surface area contributed by atoms with Gasteiger partial charge in [-0.05, 0) is 24.7 Å². The SMILES string of the molecule is CCCCC(CC)COP(=O)([O-])OCC(CC)CCCC.[CH2-]CCC.[Nd].